The van der Waals surface area contributed by atoms with Crippen molar-refractivity contribution in [2.24, 2.45) is 0 Å². The van der Waals surface area contributed by atoms with Gasteiger partial charge in [-0.3, -0.25) is 0 Å². The number of benzene rings is 1. The van der Waals surface area contributed by atoms with Gasteiger partial charge in [-0.1, -0.05) is 0 Å². The van der Waals surface area contributed by atoms with Gasteiger partial charge in [-0.05, 0) is 12.1 Å². The summed E-state index contributed by atoms with van der Waals surface area (Å²) in [6.07, 6.45) is -0.880. The highest BCUT2D eigenvalue weighted by molar-refractivity contribution is 5.61. The van der Waals surface area contributed by atoms with E-state index in [1.54, 1.807) is 0 Å². The molecule has 1 aromatic carbocycles. The third-order valence-electron chi connectivity index (χ3n) is 1.97. The molecule has 0 saturated carbocycles. The van der Waals surface area contributed by atoms with Gasteiger partial charge in [0.25, 0.3) is 0 Å². The van der Waals surface area contributed by atoms with Crippen molar-refractivity contribution in [1.82, 2.24) is 0 Å². The number of nitrogens with zero attached hydrogens (tertiary/aromatic N) is 1. The summed E-state index contributed by atoms with van der Waals surface area (Å²) >= 11 is 0. The van der Waals surface area contributed by atoms with E-state index in [0.717, 1.165) is 0 Å². The molecule has 1 aliphatic heterocycles. The van der Waals surface area contributed by atoms with E-state index in [9.17, 15) is 9.50 Å². The second kappa shape index (κ2) is 2.71. The van der Waals surface area contributed by atoms with Crippen molar-refractivity contribution >= 4 is 5.69 Å². The molecule has 2 rings (SSSR count). The molecule has 3 nitrogen and oxygen atoms in total. The molecule has 4 heteroatoms. The third kappa shape index (κ3) is 1.05. The summed E-state index contributed by atoms with van der Waals surface area (Å²) in [4.78, 5) is 3.03. The Hall–Kier alpha value is -1.60. The Morgan fingerprint density at radius 1 is 1.62 bits per heavy atom. The quantitative estimate of drug-likeness (QED) is 0.616. The average Bonchev–Trinajstić information content (AvgIpc) is 2.49. The van der Waals surface area contributed by atoms with E-state index < -0.39 is 11.9 Å². The fraction of sp³-hybridized carbons (Fsp3) is 0.222. The molecule has 1 unspecified atom stereocenters. The van der Waals surface area contributed by atoms with E-state index in [1.165, 1.54) is 12.1 Å². The minimum atomic E-state index is -0.880. The van der Waals surface area contributed by atoms with Gasteiger partial charge in [0.05, 0.1) is 6.57 Å². The molecule has 66 valence electrons. The number of hydrogen-bond donors (Lipinski definition) is 1. The second-order valence-corrected chi connectivity index (χ2v) is 2.75. The molecule has 0 saturated heterocycles. The smallest absolute Gasteiger partial charge is 0.231 e. The molecule has 0 spiro atoms. The SMILES string of the molecule is [C-]#[N+]c1c(F)ccc2c1C(O)CO2. The number of fused-ring (bicyclic) bond motifs is 1. The van der Waals surface area contributed by atoms with Crippen LogP contribution in [0.1, 0.15) is 11.7 Å². The van der Waals surface area contributed by atoms with Gasteiger partial charge in [0.15, 0.2) is 0 Å². The first-order valence-electron chi connectivity index (χ1n) is 3.74. The zero-order valence-electron chi connectivity index (χ0n) is 6.62. The van der Waals surface area contributed by atoms with Gasteiger partial charge in [0, 0.05) is 5.56 Å². The number of rotatable bonds is 0. The van der Waals surface area contributed by atoms with Crippen LogP contribution in [0.4, 0.5) is 10.1 Å². The van der Waals surface area contributed by atoms with Gasteiger partial charge >= 0.3 is 0 Å². The van der Waals surface area contributed by atoms with Gasteiger partial charge in [-0.2, -0.15) is 0 Å². The molecule has 13 heavy (non-hydrogen) atoms. The van der Waals surface area contributed by atoms with Gasteiger partial charge in [0.2, 0.25) is 5.69 Å². The second-order valence-electron chi connectivity index (χ2n) is 2.75. The Morgan fingerprint density at radius 3 is 3.08 bits per heavy atom. The van der Waals surface area contributed by atoms with Crippen LogP contribution in [0.25, 0.3) is 4.85 Å². The predicted molar refractivity (Wildman–Crippen MR) is 43.1 cm³/mol. The summed E-state index contributed by atoms with van der Waals surface area (Å²) in [5, 5.41) is 9.38. The van der Waals surface area contributed by atoms with E-state index in [2.05, 4.69) is 4.85 Å². The normalized spacial score (nSPS) is 19.0. The molecule has 1 N–H and O–H groups in total. The number of halogens is 1. The van der Waals surface area contributed by atoms with Crippen LogP contribution >= 0.6 is 0 Å². The fourth-order valence-corrected chi connectivity index (χ4v) is 1.38. The molecule has 1 aromatic rings. The minimum Gasteiger partial charge on any atom is -0.492 e. The number of hydrogen-bond acceptors (Lipinski definition) is 2. The molecule has 1 atom stereocenters. The van der Waals surface area contributed by atoms with Crippen molar-refractivity contribution in [3.63, 3.8) is 0 Å². The summed E-state index contributed by atoms with van der Waals surface area (Å²) in [6.45, 7) is 6.86. The monoisotopic (exact) mass is 179 g/mol. The van der Waals surface area contributed by atoms with Crippen molar-refractivity contribution in [3.8, 4) is 5.75 Å². The van der Waals surface area contributed by atoms with E-state index in [4.69, 9.17) is 11.3 Å². The molecular weight excluding hydrogens is 173 g/mol. The largest absolute Gasteiger partial charge is 0.492 e. The molecule has 1 aliphatic rings. The summed E-state index contributed by atoms with van der Waals surface area (Å²) < 4.78 is 18.1. The van der Waals surface area contributed by atoms with Crippen LogP contribution in [0.15, 0.2) is 12.1 Å². The molecule has 0 fully saturated rings. The number of aliphatic hydroxyl groups is 1. The average molecular weight is 179 g/mol. The predicted octanol–water partition coefficient (Wildman–Crippen LogP) is 1.80. The van der Waals surface area contributed by atoms with Gasteiger partial charge in [0.1, 0.15) is 24.3 Å². The highest BCUT2D eigenvalue weighted by atomic mass is 19.1. The summed E-state index contributed by atoms with van der Waals surface area (Å²) in [7, 11) is 0. The van der Waals surface area contributed by atoms with Crippen LogP contribution in [-0.2, 0) is 0 Å². The maximum Gasteiger partial charge on any atom is 0.231 e. The Morgan fingerprint density at radius 2 is 2.38 bits per heavy atom. The minimum absolute atomic E-state index is 0.0985. The van der Waals surface area contributed by atoms with Crippen LogP contribution in [0.5, 0.6) is 5.75 Å². The molecule has 0 amide bonds. The zero-order valence-corrected chi connectivity index (χ0v) is 6.62. The third-order valence-corrected chi connectivity index (χ3v) is 1.97. The lowest BCUT2D eigenvalue weighted by molar-refractivity contribution is 0.141. The Labute approximate surface area is 74.2 Å². The summed E-state index contributed by atoms with van der Waals surface area (Å²) in [5.41, 5.74) is 0.137. The maximum atomic E-state index is 13.0. The van der Waals surface area contributed by atoms with Crippen LogP contribution in [-0.4, -0.2) is 11.7 Å². The van der Waals surface area contributed by atoms with Gasteiger partial charge in [-0.25, -0.2) is 9.24 Å². The molecule has 0 aromatic heterocycles. The van der Waals surface area contributed by atoms with E-state index in [1.807, 2.05) is 0 Å². The van der Waals surface area contributed by atoms with E-state index in [0.29, 0.717) is 5.75 Å². The fourth-order valence-electron chi connectivity index (χ4n) is 1.38. The standard InChI is InChI=1S/C9H6FNO2/c1-11-9-5(10)2-3-7-8(9)6(12)4-13-7/h2-3,6,12H,4H2. The first-order valence-corrected chi connectivity index (χ1v) is 3.74. The van der Waals surface area contributed by atoms with Crippen molar-refractivity contribution in [1.29, 1.82) is 0 Å². The van der Waals surface area contributed by atoms with Gasteiger partial charge in [-0.15, -0.1) is 0 Å². The topological polar surface area (TPSA) is 33.8 Å². The van der Waals surface area contributed by atoms with Crippen LogP contribution in [0.3, 0.4) is 0 Å². The number of aliphatic hydroxyl groups excluding tert-OH is 1. The molecule has 0 bridgehead atoms. The highest BCUT2D eigenvalue weighted by Gasteiger charge is 2.27. The first-order chi connectivity index (χ1) is 6.24. The lowest BCUT2D eigenvalue weighted by Crippen LogP contribution is -1.97. The number of ether oxygens (including phenoxy) is 1. The lowest BCUT2D eigenvalue weighted by atomic mass is 10.1. The summed E-state index contributed by atoms with van der Waals surface area (Å²) in [6, 6.07) is 2.60. The van der Waals surface area contributed by atoms with Crippen LogP contribution in [0.2, 0.25) is 0 Å². The Balaban J connectivity index is 2.69. The van der Waals surface area contributed by atoms with Crippen LogP contribution < -0.4 is 4.74 Å². The van der Waals surface area contributed by atoms with E-state index >= 15 is 0 Å². The molecule has 0 radical (unpaired) electrons. The Bertz CT molecular complexity index is 397. The highest BCUT2D eigenvalue weighted by Crippen LogP contribution is 2.40. The van der Waals surface area contributed by atoms with Crippen molar-refractivity contribution < 1.29 is 14.2 Å². The maximum absolute atomic E-state index is 13.0. The molecule has 1 heterocycles. The van der Waals surface area contributed by atoms with Crippen molar-refractivity contribution in [2.75, 3.05) is 6.61 Å². The molecule has 0 aliphatic carbocycles. The van der Waals surface area contributed by atoms with Crippen LogP contribution in [0, 0.1) is 12.4 Å². The Kier molecular flexibility index (Phi) is 1.67. The first kappa shape index (κ1) is 8.02. The lowest BCUT2D eigenvalue weighted by Gasteiger charge is -2.02. The summed E-state index contributed by atoms with van der Waals surface area (Å²) in [5.74, 6) is -0.210. The zero-order chi connectivity index (χ0) is 9.42. The van der Waals surface area contributed by atoms with E-state index in [-0.39, 0.29) is 17.9 Å². The van der Waals surface area contributed by atoms with Crippen molar-refractivity contribution in [2.45, 2.75) is 6.10 Å². The van der Waals surface area contributed by atoms with Gasteiger partial charge < -0.3 is 9.84 Å². The van der Waals surface area contributed by atoms with Crippen molar-refractivity contribution in [3.05, 3.63) is 34.9 Å². The molecular formula is C9H6FNO2.